The second-order valence-corrected chi connectivity index (χ2v) is 5.94. The van der Waals surface area contributed by atoms with Gasteiger partial charge in [0.1, 0.15) is 0 Å². The molecular formula is C11H21NOS. The molecule has 1 saturated carbocycles. The summed E-state index contributed by atoms with van der Waals surface area (Å²) in [7, 11) is 0. The quantitative estimate of drug-likeness (QED) is 0.747. The first-order valence-corrected chi connectivity index (χ1v) is 6.95. The van der Waals surface area contributed by atoms with Crippen LogP contribution in [0.25, 0.3) is 0 Å². The van der Waals surface area contributed by atoms with Gasteiger partial charge in [-0.25, -0.2) is 0 Å². The molecule has 1 saturated heterocycles. The molecule has 2 fully saturated rings. The normalized spacial score (nSPS) is 31.1. The van der Waals surface area contributed by atoms with Crippen LogP contribution in [-0.4, -0.2) is 35.3 Å². The fraction of sp³-hybridized carbons (Fsp3) is 1.00. The van der Waals surface area contributed by atoms with E-state index in [4.69, 9.17) is 0 Å². The van der Waals surface area contributed by atoms with E-state index < -0.39 is 0 Å². The Morgan fingerprint density at radius 3 is 2.79 bits per heavy atom. The van der Waals surface area contributed by atoms with Crippen molar-refractivity contribution in [2.45, 2.75) is 37.7 Å². The third kappa shape index (κ3) is 2.88. The number of hydrogen-bond donors (Lipinski definition) is 2. The van der Waals surface area contributed by atoms with Crippen LogP contribution in [0.2, 0.25) is 0 Å². The lowest BCUT2D eigenvalue weighted by molar-refractivity contribution is 0.0471. The van der Waals surface area contributed by atoms with Crippen molar-refractivity contribution in [2.24, 2.45) is 5.92 Å². The molecule has 0 aromatic heterocycles. The molecule has 1 aliphatic heterocycles. The maximum atomic E-state index is 10.1. The average Bonchev–Trinajstić information content (AvgIpc) is 2.77. The Hall–Kier alpha value is 0.270. The topological polar surface area (TPSA) is 32.3 Å². The lowest BCUT2D eigenvalue weighted by Crippen LogP contribution is -2.39. The van der Waals surface area contributed by atoms with Gasteiger partial charge in [0.15, 0.2) is 0 Å². The standard InChI is InChI=1S/C11H21NOS/c13-11(4-1-2-5-11)9-12-7-10-3-6-14-8-10/h10,12-13H,1-9H2. The predicted octanol–water partition coefficient (Wildman–Crippen LogP) is 1.63. The Morgan fingerprint density at radius 1 is 1.36 bits per heavy atom. The summed E-state index contributed by atoms with van der Waals surface area (Å²) in [5.74, 6) is 3.49. The number of hydrogen-bond acceptors (Lipinski definition) is 3. The Labute approximate surface area is 90.8 Å². The van der Waals surface area contributed by atoms with E-state index >= 15 is 0 Å². The van der Waals surface area contributed by atoms with E-state index in [1.54, 1.807) is 0 Å². The van der Waals surface area contributed by atoms with Crippen LogP contribution < -0.4 is 5.32 Å². The van der Waals surface area contributed by atoms with Crippen molar-refractivity contribution in [3.8, 4) is 0 Å². The Morgan fingerprint density at radius 2 is 2.14 bits per heavy atom. The van der Waals surface area contributed by atoms with Crippen LogP contribution in [0.15, 0.2) is 0 Å². The first kappa shape index (κ1) is 10.8. The Bertz CT molecular complexity index is 174. The monoisotopic (exact) mass is 215 g/mol. The van der Waals surface area contributed by atoms with Gasteiger partial charge in [-0.2, -0.15) is 11.8 Å². The largest absolute Gasteiger partial charge is 0.389 e. The van der Waals surface area contributed by atoms with Crippen LogP contribution in [0.1, 0.15) is 32.1 Å². The van der Waals surface area contributed by atoms with Crippen molar-refractivity contribution in [1.29, 1.82) is 0 Å². The van der Waals surface area contributed by atoms with Crippen molar-refractivity contribution in [2.75, 3.05) is 24.6 Å². The third-order valence-corrected chi connectivity index (χ3v) is 4.68. The minimum Gasteiger partial charge on any atom is -0.389 e. The van der Waals surface area contributed by atoms with Crippen LogP contribution in [0, 0.1) is 5.92 Å². The van der Waals surface area contributed by atoms with Gasteiger partial charge in [-0.05, 0) is 43.2 Å². The molecule has 2 aliphatic rings. The summed E-state index contributed by atoms with van der Waals surface area (Å²) in [4.78, 5) is 0. The molecule has 3 heteroatoms. The predicted molar refractivity (Wildman–Crippen MR) is 61.7 cm³/mol. The highest BCUT2D eigenvalue weighted by molar-refractivity contribution is 7.99. The fourth-order valence-electron chi connectivity index (χ4n) is 2.46. The van der Waals surface area contributed by atoms with Gasteiger partial charge in [0.05, 0.1) is 5.60 Å². The second kappa shape index (κ2) is 4.86. The van der Waals surface area contributed by atoms with E-state index in [1.165, 1.54) is 30.8 Å². The van der Waals surface area contributed by atoms with Crippen LogP contribution in [0.4, 0.5) is 0 Å². The molecule has 0 aromatic carbocycles. The summed E-state index contributed by atoms with van der Waals surface area (Å²) in [6, 6.07) is 0. The smallest absolute Gasteiger partial charge is 0.0771 e. The highest BCUT2D eigenvalue weighted by Gasteiger charge is 2.30. The summed E-state index contributed by atoms with van der Waals surface area (Å²) in [5.41, 5.74) is -0.369. The van der Waals surface area contributed by atoms with Crippen molar-refractivity contribution >= 4 is 11.8 Å². The van der Waals surface area contributed by atoms with Gasteiger partial charge < -0.3 is 10.4 Å². The number of nitrogens with one attached hydrogen (secondary N) is 1. The SMILES string of the molecule is OC1(CNCC2CCSC2)CCCC1. The van der Waals surface area contributed by atoms with Crippen molar-refractivity contribution in [1.82, 2.24) is 5.32 Å². The number of thioether (sulfide) groups is 1. The minimum atomic E-state index is -0.369. The summed E-state index contributed by atoms with van der Waals surface area (Å²) < 4.78 is 0. The molecule has 14 heavy (non-hydrogen) atoms. The molecule has 0 spiro atoms. The van der Waals surface area contributed by atoms with E-state index in [9.17, 15) is 5.11 Å². The summed E-state index contributed by atoms with van der Waals surface area (Å²) in [6.45, 7) is 1.92. The van der Waals surface area contributed by atoms with E-state index in [1.807, 2.05) is 0 Å². The summed E-state index contributed by atoms with van der Waals surface area (Å²) >= 11 is 2.06. The van der Waals surface area contributed by atoms with Gasteiger partial charge in [-0.3, -0.25) is 0 Å². The lowest BCUT2D eigenvalue weighted by atomic mass is 10.0. The Kier molecular flexibility index (Phi) is 3.74. The van der Waals surface area contributed by atoms with Crippen molar-refractivity contribution in [3.63, 3.8) is 0 Å². The van der Waals surface area contributed by atoms with E-state index in [-0.39, 0.29) is 5.60 Å². The molecule has 1 heterocycles. The van der Waals surface area contributed by atoms with Gasteiger partial charge >= 0.3 is 0 Å². The number of rotatable bonds is 4. The van der Waals surface area contributed by atoms with Gasteiger partial charge in [-0.1, -0.05) is 12.8 Å². The molecule has 0 amide bonds. The van der Waals surface area contributed by atoms with Gasteiger partial charge in [0.2, 0.25) is 0 Å². The zero-order valence-electron chi connectivity index (χ0n) is 8.80. The van der Waals surface area contributed by atoms with Crippen molar-refractivity contribution < 1.29 is 5.11 Å². The summed E-state index contributed by atoms with van der Waals surface area (Å²) in [5, 5.41) is 13.5. The summed E-state index contributed by atoms with van der Waals surface area (Å²) in [6.07, 6.45) is 5.77. The maximum Gasteiger partial charge on any atom is 0.0771 e. The molecule has 82 valence electrons. The molecule has 1 aliphatic carbocycles. The maximum absolute atomic E-state index is 10.1. The highest BCUT2D eigenvalue weighted by atomic mass is 32.2. The Balaban J connectivity index is 1.61. The first-order chi connectivity index (χ1) is 6.79. The van der Waals surface area contributed by atoms with Gasteiger partial charge in [0.25, 0.3) is 0 Å². The zero-order valence-corrected chi connectivity index (χ0v) is 9.61. The van der Waals surface area contributed by atoms with Crippen LogP contribution >= 0.6 is 11.8 Å². The molecule has 0 radical (unpaired) electrons. The zero-order chi connectivity index (χ0) is 9.86. The third-order valence-electron chi connectivity index (χ3n) is 3.45. The fourth-order valence-corrected chi connectivity index (χ4v) is 3.75. The highest BCUT2D eigenvalue weighted by Crippen LogP contribution is 2.29. The molecule has 1 unspecified atom stereocenters. The molecular weight excluding hydrogens is 194 g/mol. The van der Waals surface area contributed by atoms with Crippen LogP contribution in [-0.2, 0) is 0 Å². The lowest BCUT2D eigenvalue weighted by Gasteiger charge is -2.23. The first-order valence-electron chi connectivity index (χ1n) is 5.79. The van der Waals surface area contributed by atoms with E-state index in [0.717, 1.165) is 31.8 Å². The minimum absolute atomic E-state index is 0.369. The second-order valence-electron chi connectivity index (χ2n) is 4.79. The van der Waals surface area contributed by atoms with Crippen LogP contribution in [0.5, 0.6) is 0 Å². The van der Waals surface area contributed by atoms with E-state index in [2.05, 4.69) is 17.1 Å². The van der Waals surface area contributed by atoms with Gasteiger partial charge in [0, 0.05) is 6.54 Å². The molecule has 2 nitrogen and oxygen atoms in total. The average molecular weight is 215 g/mol. The molecule has 0 aromatic rings. The molecule has 1 atom stereocenters. The van der Waals surface area contributed by atoms with Gasteiger partial charge in [-0.15, -0.1) is 0 Å². The molecule has 0 bridgehead atoms. The van der Waals surface area contributed by atoms with Crippen molar-refractivity contribution in [3.05, 3.63) is 0 Å². The van der Waals surface area contributed by atoms with E-state index in [0.29, 0.717) is 0 Å². The molecule has 2 N–H and O–H groups in total. The van der Waals surface area contributed by atoms with Crippen LogP contribution in [0.3, 0.4) is 0 Å². The molecule has 2 rings (SSSR count). The number of aliphatic hydroxyl groups is 1.